The number of rotatable bonds is 6. The summed E-state index contributed by atoms with van der Waals surface area (Å²) in [5.41, 5.74) is 7.26. The van der Waals surface area contributed by atoms with Crippen molar-refractivity contribution < 1.29 is 27.8 Å². The minimum Gasteiger partial charge on any atom is -0.485 e. The van der Waals surface area contributed by atoms with Crippen LogP contribution >= 0.6 is 36.3 Å². The minimum absolute atomic E-state index is 0. The Kier molecular flexibility index (Phi) is 21.5. The first-order valence-corrected chi connectivity index (χ1v) is 18.1. The fourth-order valence-electron chi connectivity index (χ4n) is 4.70. The molecule has 2 aliphatic heterocycles. The molecule has 0 unspecified atom stereocenters. The number of nitrogens with two attached hydrogens (primary N) is 1. The van der Waals surface area contributed by atoms with E-state index >= 15 is 0 Å². The van der Waals surface area contributed by atoms with Gasteiger partial charge in [-0.15, -0.1) is 11.5 Å². The highest BCUT2D eigenvalue weighted by Gasteiger charge is 2.48. The van der Waals surface area contributed by atoms with Crippen molar-refractivity contribution in [3.63, 3.8) is 0 Å². The zero-order valence-electron chi connectivity index (χ0n) is 31.1. The second-order valence-electron chi connectivity index (χ2n) is 10.6. The first-order chi connectivity index (χ1) is 29.4. The molecule has 0 bridgehead atoms. The van der Waals surface area contributed by atoms with Gasteiger partial charge in [-0.25, -0.2) is 19.3 Å². The Balaban J connectivity index is -0.000000308. The number of hydrogen-bond donors (Lipinski definition) is 2. The van der Waals surface area contributed by atoms with Gasteiger partial charge in [0.05, 0.1) is 41.5 Å². The van der Waals surface area contributed by atoms with Gasteiger partial charge in [-0.1, -0.05) is 47.5 Å². The summed E-state index contributed by atoms with van der Waals surface area (Å²) in [6.45, 7) is 3.21. The van der Waals surface area contributed by atoms with Gasteiger partial charge in [-0.2, -0.15) is 4.39 Å². The van der Waals surface area contributed by atoms with Gasteiger partial charge in [0.15, 0.2) is 17.4 Å². The largest absolute Gasteiger partial charge is 0.485 e. The van der Waals surface area contributed by atoms with E-state index in [1.807, 2.05) is 24.3 Å². The highest BCUT2D eigenvalue weighted by atomic mass is 35.5. The van der Waals surface area contributed by atoms with Crippen molar-refractivity contribution in [3.05, 3.63) is 65.5 Å². The number of aromatic nitrogens is 3. The van der Waals surface area contributed by atoms with E-state index in [1.54, 1.807) is 25.4 Å². The molecule has 1 spiro atoms. The van der Waals surface area contributed by atoms with E-state index in [2.05, 4.69) is 176 Å². The monoisotopic (exact) mass is 864 g/mol. The van der Waals surface area contributed by atoms with Crippen molar-refractivity contribution in [2.24, 2.45) is 31.8 Å². The standard InChI is InChI=1S/C21H19ClFN5OS.C21H4.CH2FN5OS.7H2/c22-20-18(23)15(5-8-25-20)30-17-12-26-16(11-27-17)28-9-6-21(7-10-28)19(24)13-3-1-2-4-14(13)29-21;1-3-5-7-9-11-13-15-17-19-21-20-18-16-14-12-10-8-6-4-2;2-1-3-4-5-6-7-8-9;;;;;;;/h1-5,8,11-12,19H,6-7,9-10,24H2;1H,2H3;1,9H;7*1H/b;;3-1+,5-4+,7-6+;;;;;;;/t19-;;;;;;;;;/m1........./s1. The van der Waals surface area contributed by atoms with Crippen LogP contribution in [0.1, 0.15) is 41.4 Å². The van der Waals surface area contributed by atoms with Crippen molar-refractivity contribution in [2.45, 2.75) is 41.3 Å². The lowest BCUT2D eigenvalue weighted by molar-refractivity contribution is 0.0431. The number of pyridine rings is 1. The summed E-state index contributed by atoms with van der Waals surface area (Å²) in [6.07, 6.45) is 11.3. The highest BCUT2D eigenvalue weighted by molar-refractivity contribution is 7.99. The van der Waals surface area contributed by atoms with Crippen LogP contribution in [-0.4, -0.2) is 40.1 Å². The Morgan fingerprint density at radius 1 is 0.900 bits per heavy atom. The number of nitrogens with zero attached hydrogens (tertiary/aromatic N) is 9. The van der Waals surface area contributed by atoms with Crippen LogP contribution in [0.15, 0.2) is 84.9 Å². The first kappa shape index (κ1) is 46.5. The van der Waals surface area contributed by atoms with Crippen LogP contribution in [0.3, 0.4) is 0 Å². The molecule has 60 heavy (non-hydrogen) atoms. The van der Waals surface area contributed by atoms with E-state index in [0.29, 0.717) is 9.92 Å². The highest BCUT2D eigenvalue weighted by Crippen LogP contribution is 2.47. The normalized spacial score (nSPS) is 12.9. The maximum absolute atomic E-state index is 14.0. The number of hydrogen-bond acceptors (Lipinski definition) is 11. The maximum atomic E-state index is 14.0. The van der Waals surface area contributed by atoms with E-state index in [1.165, 1.54) is 6.20 Å². The molecule has 1 saturated heterocycles. The molecule has 12 nitrogen and oxygen atoms in total. The van der Waals surface area contributed by atoms with E-state index in [0.717, 1.165) is 54.8 Å². The predicted octanol–water partition coefficient (Wildman–Crippen LogP) is 8.13. The molecular formula is C43H39ClF2N10O2S2. The lowest BCUT2D eigenvalue weighted by atomic mass is 9.83. The average Bonchev–Trinajstić information content (AvgIpc) is 3.54. The number of halogens is 3. The van der Waals surface area contributed by atoms with Crippen LogP contribution in [0.25, 0.3) is 0 Å². The van der Waals surface area contributed by atoms with Crippen LogP contribution in [0.2, 0.25) is 5.15 Å². The summed E-state index contributed by atoms with van der Waals surface area (Å²) in [7, 11) is 0. The lowest BCUT2D eigenvalue weighted by Crippen LogP contribution is -2.51. The molecule has 1 atom stereocenters. The van der Waals surface area contributed by atoms with Crippen molar-refractivity contribution in [1.29, 1.82) is 0 Å². The molecule has 5 rings (SSSR count). The number of para-hydroxylation sites is 1. The molecule has 4 heterocycles. The third-order valence-electron chi connectivity index (χ3n) is 7.15. The molecule has 0 saturated carbocycles. The fraction of sp³-hybridized carbons (Fsp3) is 0.163. The third-order valence-corrected chi connectivity index (χ3v) is 8.45. The molecule has 306 valence electrons. The smallest absolute Gasteiger partial charge is 0.199 e. The van der Waals surface area contributed by atoms with Gasteiger partial charge in [0.2, 0.25) is 0 Å². The number of fused-ring (bicyclic) bond motifs is 1. The number of piperidine rings is 1. The van der Waals surface area contributed by atoms with Crippen LogP contribution in [-0.2, 0) is 4.28 Å². The van der Waals surface area contributed by atoms with E-state index in [9.17, 15) is 8.78 Å². The number of terminal acetylenes is 1. The predicted molar refractivity (Wildman–Crippen MR) is 242 cm³/mol. The quantitative estimate of drug-likeness (QED) is 0.0480. The summed E-state index contributed by atoms with van der Waals surface area (Å²) in [5.74, 6) is 48.0. The minimum atomic E-state index is -0.551. The van der Waals surface area contributed by atoms with Gasteiger partial charge < -0.3 is 19.7 Å². The summed E-state index contributed by atoms with van der Waals surface area (Å²) in [4.78, 5) is 15.2. The Hall–Kier alpha value is -7.87. The van der Waals surface area contributed by atoms with E-state index in [4.69, 9.17) is 28.5 Å². The second kappa shape index (κ2) is 27.7. The second-order valence-corrected chi connectivity index (χ2v) is 12.1. The summed E-state index contributed by atoms with van der Waals surface area (Å²) < 4.78 is 35.0. The summed E-state index contributed by atoms with van der Waals surface area (Å²) in [6, 6.07) is 9.44. The SMILES string of the molecule is C#CC#CC#CC#CC#CC#CC#CC#CC#CC#CC.F/C=N/N=N/N=N/OS.N[C@@H]1c2ccccc2OC12CCN(c1cnc(Sc3ccnc(Cl)c3F)cn1)CC2.[HH].[HH].[HH].[HH].[HH].[HH].[HH]. The van der Waals surface area contributed by atoms with Gasteiger partial charge in [-0.3, -0.25) is 0 Å². The van der Waals surface area contributed by atoms with Crippen LogP contribution in [0.4, 0.5) is 14.6 Å². The molecule has 0 amide bonds. The maximum Gasteiger partial charge on any atom is 0.199 e. The van der Waals surface area contributed by atoms with E-state index < -0.39 is 5.82 Å². The van der Waals surface area contributed by atoms with Crippen LogP contribution in [0.5, 0.6) is 5.75 Å². The molecule has 17 heteroatoms. The number of anilines is 1. The molecule has 0 aliphatic carbocycles. The van der Waals surface area contributed by atoms with Crippen molar-refractivity contribution >= 4 is 48.6 Å². The topological polar surface area (TPSA) is 148 Å². The Morgan fingerprint density at radius 2 is 1.50 bits per heavy atom. The Labute approximate surface area is 371 Å². The molecule has 2 aromatic heterocycles. The molecule has 1 fully saturated rings. The number of benzene rings is 1. The third kappa shape index (κ3) is 16.3. The van der Waals surface area contributed by atoms with Crippen molar-refractivity contribution in [3.8, 4) is 125 Å². The zero-order valence-corrected chi connectivity index (χ0v) is 33.6. The molecule has 1 aromatic carbocycles. The zero-order chi connectivity index (χ0) is 43.1. The summed E-state index contributed by atoms with van der Waals surface area (Å²) in [5, 5.41) is 14.3. The molecule has 0 radical (unpaired) electrons. The molecule has 2 aliphatic rings. The van der Waals surface area contributed by atoms with Gasteiger partial charge in [0, 0.05) is 64.7 Å². The van der Waals surface area contributed by atoms with Crippen molar-refractivity contribution in [1.82, 2.24) is 15.0 Å². The number of ether oxygens (including phenoxy) is 1. The van der Waals surface area contributed by atoms with Gasteiger partial charge >= 0.3 is 0 Å². The van der Waals surface area contributed by atoms with Crippen LogP contribution in [0, 0.1) is 125 Å². The average molecular weight is 865 g/mol. The van der Waals surface area contributed by atoms with Gasteiger partial charge in [0.1, 0.15) is 22.2 Å². The first-order valence-electron chi connectivity index (χ1n) is 16.6. The van der Waals surface area contributed by atoms with Crippen LogP contribution < -0.4 is 15.4 Å². The lowest BCUT2D eigenvalue weighted by Gasteiger charge is -2.41. The fourth-order valence-corrected chi connectivity index (χ4v) is 5.70. The molecular weight excluding hydrogens is 826 g/mol. The number of thiol groups is 1. The van der Waals surface area contributed by atoms with Crippen molar-refractivity contribution in [2.75, 3.05) is 18.0 Å². The van der Waals surface area contributed by atoms with Gasteiger partial charge in [0.25, 0.3) is 0 Å². The summed E-state index contributed by atoms with van der Waals surface area (Å²) >= 11 is 10.1. The van der Waals surface area contributed by atoms with E-state index in [-0.39, 0.29) is 33.3 Å². The molecule has 2 N–H and O–H groups in total. The Morgan fingerprint density at radius 3 is 2.03 bits per heavy atom. The molecule has 3 aromatic rings. The Bertz CT molecular complexity index is 2750. The van der Waals surface area contributed by atoms with Gasteiger partial charge in [-0.05, 0) is 124 Å².